The summed E-state index contributed by atoms with van der Waals surface area (Å²) in [5.74, 6) is 1.70. The quantitative estimate of drug-likeness (QED) is 0.567. The number of hydrogen-bond donors (Lipinski definition) is 1. The fourth-order valence-corrected chi connectivity index (χ4v) is 2.78. The SMILES string of the molecule is COC(=O)C1(CCCCl)NC[C@@H]2C[C@@H]21. The van der Waals surface area contributed by atoms with Crippen LogP contribution in [0.25, 0.3) is 0 Å². The van der Waals surface area contributed by atoms with E-state index in [0.29, 0.717) is 17.7 Å². The number of esters is 1. The highest BCUT2D eigenvalue weighted by Crippen LogP contribution is 2.53. The Kier molecular flexibility index (Phi) is 2.71. The lowest BCUT2D eigenvalue weighted by Gasteiger charge is -2.28. The fraction of sp³-hybridized carbons (Fsp3) is 0.900. The molecule has 0 amide bonds. The Bertz CT molecular complexity index is 246. The molecule has 1 N–H and O–H groups in total. The normalized spacial score (nSPS) is 39.3. The number of ether oxygens (including phenoxy) is 1. The Morgan fingerprint density at radius 1 is 1.71 bits per heavy atom. The van der Waals surface area contributed by atoms with Gasteiger partial charge in [-0.3, -0.25) is 4.79 Å². The first-order chi connectivity index (χ1) is 6.74. The van der Waals surface area contributed by atoms with Gasteiger partial charge in [-0.15, -0.1) is 11.6 Å². The molecule has 1 saturated heterocycles. The van der Waals surface area contributed by atoms with E-state index in [9.17, 15) is 4.79 Å². The van der Waals surface area contributed by atoms with Gasteiger partial charge in [0.15, 0.2) is 0 Å². The third-order valence-electron chi connectivity index (χ3n) is 3.49. The Hall–Kier alpha value is -0.280. The van der Waals surface area contributed by atoms with Crippen LogP contribution in [0.5, 0.6) is 0 Å². The van der Waals surface area contributed by atoms with E-state index < -0.39 is 5.54 Å². The summed E-state index contributed by atoms with van der Waals surface area (Å²) in [7, 11) is 1.46. The molecule has 1 heterocycles. The third-order valence-corrected chi connectivity index (χ3v) is 3.76. The summed E-state index contributed by atoms with van der Waals surface area (Å²) in [5.41, 5.74) is -0.408. The monoisotopic (exact) mass is 217 g/mol. The van der Waals surface area contributed by atoms with E-state index in [1.54, 1.807) is 0 Å². The number of halogens is 1. The Morgan fingerprint density at radius 2 is 2.50 bits per heavy atom. The second kappa shape index (κ2) is 3.70. The van der Waals surface area contributed by atoms with Crippen molar-refractivity contribution in [2.75, 3.05) is 19.5 Å². The van der Waals surface area contributed by atoms with Crippen LogP contribution in [-0.4, -0.2) is 31.0 Å². The second-order valence-electron chi connectivity index (χ2n) is 4.24. The average Bonchev–Trinajstić information content (AvgIpc) is 2.92. The van der Waals surface area contributed by atoms with Gasteiger partial charge in [0.25, 0.3) is 0 Å². The maximum atomic E-state index is 11.8. The highest BCUT2D eigenvalue weighted by atomic mass is 35.5. The minimum atomic E-state index is -0.408. The van der Waals surface area contributed by atoms with Gasteiger partial charge in [-0.05, 0) is 37.6 Å². The number of piperidine rings is 1. The van der Waals surface area contributed by atoms with E-state index in [-0.39, 0.29) is 5.97 Å². The van der Waals surface area contributed by atoms with Gasteiger partial charge in [-0.1, -0.05) is 0 Å². The first kappa shape index (κ1) is 10.2. The van der Waals surface area contributed by atoms with E-state index in [1.165, 1.54) is 13.5 Å². The Labute approximate surface area is 89.1 Å². The van der Waals surface area contributed by atoms with Crippen molar-refractivity contribution in [1.82, 2.24) is 5.32 Å². The van der Waals surface area contributed by atoms with Crippen LogP contribution in [-0.2, 0) is 9.53 Å². The molecular weight excluding hydrogens is 202 g/mol. The van der Waals surface area contributed by atoms with E-state index in [4.69, 9.17) is 16.3 Å². The van der Waals surface area contributed by atoms with Gasteiger partial charge in [-0.25, -0.2) is 0 Å². The molecule has 0 radical (unpaired) electrons. The van der Waals surface area contributed by atoms with Crippen molar-refractivity contribution < 1.29 is 9.53 Å². The number of rotatable bonds is 4. The first-order valence-electron chi connectivity index (χ1n) is 5.14. The molecule has 3 nitrogen and oxygen atoms in total. The predicted molar refractivity (Wildman–Crippen MR) is 54.3 cm³/mol. The van der Waals surface area contributed by atoms with E-state index in [2.05, 4.69) is 5.32 Å². The molecular formula is C10H16ClNO2. The van der Waals surface area contributed by atoms with Crippen molar-refractivity contribution in [3.05, 3.63) is 0 Å². The van der Waals surface area contributed by atoms with Crippen LogP contribution in [0.1, 0.15) is 19.3 Å². The van der Waals surface area contributed by atoms with Crippen LogP contribution in [0.15, 0.2) is 0 Å². The Balaban J connectivity index is 2.08. The van der Waals surface area contributed by atoms with Gasteiger partial charge in [0.05, 0.1) is 7.11 Å². The van der Waals surface area contributed by atoms with Gasteiger partial charge in [0.1, 0.15) is 5.54 Å². The number of hydrogen-bond acceptors (Lipinski definition) is 3. The molecule has 0 aromatic rings. The molecule has 0 aromatic carbocycles. The number of carbonyl (C=O) groups is 1. The number of carbonyl (C=O) groups excluding carboxylic acids is 1. The number of fused-ring (bicyclic) bond motifs is 1. The van der Waals surface area contributed by atoms with Crippen LogP contribution in [0, 0.1) is 11.8 Å². The molecule has 14 heavy (non-hydrogen) atoms. The van der Waals surface area contributed by atoms with Crippen LogP contribution >= 0.6 is 11.6 Å². The number of alkyl halides is 1. The molecule has 4 heteroatoms. The zero-order valence-corrected chi connectivity index (χ0v) is 9.14. The lowest BCUT2D eigenvalue weighted by Crippen LogP contribution is -2.51. The fourth-order valence-electron chi connectivity index (χ4n) is 2.65. The molecule has 0 aromatic heterocycles. The number of nitrogens with one attached hydrogen (secondary N) is 1. The zero-order valence-electron chi connectivity index (χ0n) is 8.38. The summed E-state index contributed by atoms with van der Waals surface area (Å²) in [6.07, 6.45) is 2.85. The third kappa shape index (κ3) is 1.43. The standard InChI is InChI=1S/C10H16ClNO2/c1-14-9(13)10(3-2-4-11)8-5-7(8)6-12-10/h7-8,12H,2-6H2,1H3/t7-,8-,10?/m0/s1. The molecule has 2 fully saturated rings. The van der Waals surface area contributed by atoms with Crippen LogP contribution in [0.2, 0.25) is 0 Å². The van der Waals surface area contributed by atoms with E-state index >= 15 is 0 Å². The predicted octanol–water partition coefficient (Wildman–Crippen LogP) is 1.16. The van der Waals surface area contributed by atoms with Crippen molar-refractivity contribution in [1.29, 1.82) is 0 Å². The summed E-state index contributed by atoms with van der Waals surface area (Å²) in [5, 5.41) is 3.32. The summed E-state index contributed by atoms with van der Waals surface area (Å²) in [6, 6.07) is 0. The minimum absolute atomic E-state index is 0.104. The zero-order chi connectivity index (χ0) is 10.2. The summed E-state index contributed by atoms with van der Waals surface area (Å²) >= 11 is 5.67. The molecule has 1 saturated carbocycles. The Morgan fingerprint density at radius 3 is 2.93 bits per heavy atom. The highest BCUT2D eigenvalue weighted by molar-refractivity contribution is 6.17. The van der Waals surface area contributed by atoms with Gasteiger partial charge in [0, 0.05) is 5.88 Å². The maximum Gasteiger partial charge on any atom is 0.326 e. The lowest BCUT2D eigenvalue weighted by atomic mass is 9.89. The minimum Gasteiger partial charge on any atom is -0.468 e. The molecule has 3 atom stereocenters. The molecule has 1 unspecified atom stereocenters. The van der Waals surface area contributed by atoms with Gasteiger partial charge >= 0.3 is 5.97 Å². The average molecular weight is 218 g/mol. The van der Waals surface area contributed by atoms with Gasteiger partial charge in [-0.2, -0.15) is 0 Å². The molecule has 1 aliphatic heterocycles. The van der Waals surface area contributed by atoms with E-state index in [0.717, 1.165) is 19.4 Å². The van der Waals surface area contributed by atoms with E-state index in [1.807, 2.05) is 0 Å². The smallest absolute Gasteiger partial charge is 0.326 e. The molecule has 0 spiro atoms. The maximum absolute atomic E-state index is 11.8. The van der Waals surface area contributed by atoms with Crippen molar-refractivity contribution >= 4 is 17.6 Å². The highest BCUT2D eigenvalue weighted by Gasteiger charge is 2.61. The number of methoxy groups -OCH3 is 1. The van der Waals surface area contributed by atoms with Crippen LogP contribution in [0.4, 0.5) is 0 Å². The largest absolute Gasteiger partial charge is 0.468 e. The van der Waals surface area contributed by atoms with Gasteiger partial charge < -0.3 is 10.1 Å². The lowest BCUT2D eigenvalue weighted by molar-refractivity contribution is -0.149. The molecule has 0 bridgehead atoms. The second-order valence-corrected chi connectivity index (χ2v) is 4.62. The van der Waals surface area contributed by atoms with Crippen LogP contribution < -0.4 is 5.32 Å². The first-order valence-corrected chi connectivity index (χ1v) is 5.67. The summed E-state index contributed by atoms with van der Waals surface area (Å²) in [6.45, 7) is 0.960. The molecule has 80 valence electrons. The van der Waals surface area contributed by atoms with Gasteiger partial charge in [0.2, 0.25) is 0 Å². The molecule has 2 aliphatic rings. The molecule has 2 rings (SSSR count). The van der Waals surface area contributed by atoms with Crippen molar-refractivity contribution in [2.45, 2.75) is 24.8 Å². The molecule has 1 aliphatic carbocycles. The summed E-state index contributed by atoms with van der Waals surface area (Å²) in [4.78, 5) is 11.8. The van der Waals surface area contributed by atoms with Crippen molar-refractivity contribution in [3.8, 4) is 0 Å². The van der Waals surface area contributed by atoms with Crippen molar-refractivity contribution in [2.24, 2.45) is 11.8 Å². The summed E-state index contributed by atoms with van der Waals surface area (Å²) < 4.78 is 4.89. The van der Waals surface area contributed by atoms with Crippen molar-refractivity contribution in [3.63, 3.8) is 0 Å². The van der Waals surface area contributed by atoms with Crippen LogP contribution in [0.3, 0.4) is 0 Å². The topological polar surface area (TPSA) is 38.3 Å².